The van der Waals surface area contributed by atoms with Crippen LogP contribution in [0.1, 0.15) is 16.8 Å². The molecule has 6 nitrogen and oxygen atoms in total. The lowest BCUT2D eigenvalue weighted by molar-refractivity contribution is -0.143. The molecule has 0 spiro atoms. The van der Waals surface area contributed by atoms with E-state index in [1.807, 2.05) is 0 Å². The van der Waals surface area contributed by atoms with Crippen LogP contribution in [0, 0.1) is 0 Å². The normalized spacial score (nSPS) is 23.5. The molecule has 1 aromatic rings. The average Bonchev–Trinajstić information content (AvgIpc) is 2.96. The maximum absolute atomic E-state index is 12.4. The van der Waals surface area contributed by atoms with Gasteiger partial charge in [-0.05, 0) is 30.4 Å². The second-order valence-corrected chi connectivity index (χ2v) is 7.31. The number of benzene rings is 1. The quantitative estimate of drug-likeness (QED) is 0.771. The molecule has 116 valence electrons. The Morgan fingerprint density at radius 3 is 2.86 bits per heavy atom. The molecule has 2 aliphatic rings. The molecule has 3 rings (SSSR count). The number of amides is 2. The van der Waals surface area contributed by atoms with Crippen molar-refractivity contribution in [3.05, 3.63) is 23.8 Å². The van der Waals surface area contributed by atoms with Crippen molar-refractivity contribution in [2.24, 2.45) is 0 Å². The number of anilines is 1. The fourth-order valence-corrected chi connectivity index (χ4v) is 4.51. The van der Waals surface area contributed by atoms with Crippen molar-refractivity contribution < 1.29 is 19.5 Å². The topological polar surface area (TPSA) is 95.5 Å². The van der Waals surface area contributed by atoms with Gasteiger partial charge in [0.1, 0.15) is 5.54 Å². The smallest absolute Gasteiger partial charge is 0.330 e. The van der Waals surface area contributed by atoms with Crippen molar-refractivity contribution in [3.63, 3.8) is 0 Å². The highest BCUT2D eigenvalue weighted by Crippen LogP contribution is 2.33. The van der Waals surface area contributed by atoms with Crippen molar-refractivity contribution in [3.8, 4) is 0 Å². The van der Waals surface area contributed by atoms with Crippen LogP contribution in [0.25, 0.3) is 0 Å². The summed E-state index contributed by atoms with van der Waals surface area (Å²) in [6, 6.07) is 5.01. The number of nitrogens with one attached hydrogen (secondary N) is 2. The highest BCUT2D eigenvalue weighted by Gasteiger charge is 2.43. The summed E-state index contributed by atoms with van der Waals surface area (Å²) >= 11 is 2.93. The van der Waals surface area contributed by atoms with E-state index in [4.69, 9.17) is 0 Å². The SMILES string of the molecule is O=C1CSc2ccc(C(=O)N[C@@]3(C(=O)O)CCSC3)cc2N1. The van der Waals surface area contributed by atoms with E-state index in [0.717, 1.165) is 4.90 Å². The number of hydrogen-bond donors (Lipinski definition) is 3. The van der Waals surface area contributed by atoms with Crippen LogP contribution in [-0.2, 0) is 9.59 Å². The Bertz CT molecular complexity index is 656. The lowest BCUT2D eigenvalue weighted by Crippen LogP contribution is -2.54. The van der Waals surface area contributed by atoms with Crippen molar-refractivity contribution >= 4 is 47.0 Å². The fourth-order valence-electron chi connectivity index (χ4n) is 2.40. The average molecular weight is 338 g/mol. The van der Waals surface area contributed by atoms with Gasteiger partial charge in [-0.1, -0.05) is 0 Å². The molecule has 1 aromatic carbocycles. The second kappa shape index (κ2) is 5.85. The van der Waals surface area contributed by atoms with Gasteiger partial charge in [-0.3, -0.25) is 9.59 Å². The molecule has 0 bridgehead atoms. The van der Waals surface area contributed by atoms with Crippen LogP contribution >= 0.6 is 23.5 Å². The van der Waals surface area contributed by atoms with Gasteiger partial charge in [-0.15, -0.1) is 11.8 Å². The molecule has 0 radical (unpaired) electrons. The van der Waals surface area contributed by atoms with Crippen LogP contribution in [0.2, 0.25) is 0 Å². The molecular weight excluding hydrogens is 324 g/mol. The largest absolute Gasteiger partial charge is 0.479 e. The number of thioether (sulfide) groups is 2. The number of rotatable bonds is 3. The molecular formula is C14H14N2O4S2. The zero-order valence-corrected chi connectivity index (χ0v) is 13.2. The number of carboxylic acid groups (broad SMARTS) is 1. The van der Waals surface area contributed by atoms with Gasteiger partial charge in [-0.25, -0.2) is 4.79 Å². The van der Waals surface area contributed by atoms with Crippen LogP contribution in [0.15, 0.2) is 23.1 Å². The molecule has 0 aromatic heterocycles. The number of carboxylic acids is 1. The third-order valence-electron chi connectivity index (χ3n) is 3.66. The van der Waals surface area contributed by atoms with Gasteiger partial charge in [0.05, 0.1) is 11.4 Å². The fraction of sp³-hybridized carbons (Fsp3) is 0.357. The Labute approximate surface area is 135 Å². The summed E-state index contributed by atoms with van der Waals surface area (Å²) in [5, 5.41) is 14.8. The predicted molar refractivity (Wildman–Crippen MR) is 85.6 cm³/mol. The third kappa shape index (κ3) is 2.80. The predicted octanol–water partition coefficient (Wildman–Crippen LogP) is 1.42. The van der Waals surface area contributed by atoms with E-state index in [1.54, 1.807) is 18.2 Å². The number of aliphatic carboxylic acids is 1. The van der Waals surface area contributed by atoms with E-state index < -0.39 is 17.4 Å². The summed E-state index contributed by atoms with van der Waals surface area (Å²) in [6.45, 7) is 0. The number of hydrogen-bond acceptors (Lipinski definition) is 5. The molecule has 3 N–H and O–H groups in total. The second-order valence-electron chi connectivity index (χ2n) is 5.19. The molecule has 0 saturated carbocycles. The Balaban J connectivity index is 1.82. The van der Waals surface area contributed by atoms with E-state index in [1.165, 1.54) is 23.5 Å². The van der Waals surface area contributed by atoms with Gasteiger partial charge < -0.3 is 15.7 Å². The summed E-state index contributed by atoms with van der Waals surface area (Å²) in [5.41, 5.74) is -0.256. The molecule has 0 aliphatic carbocycles. The monoisotopic (exact) mass is 338 g/mol. The first kappa shape index (κ1) is 15.2. The summed E-state index contributed by atoms with van der Waals surface area (Å²) < 4.78 is 0. The van der Waals surface area contributed by atoms with Gasteiger partial charge in [0.15, 0.2) is 0 Å². The summed E-state index contributed by atoms with van der Waals surface area (Å²) in [7, 11) is 0. The lowest BCUT2D eigenvalue weighted by Gasteiger charge is -2.25. The van der Waals surface area contributed by atoms with Crippen molar-refractivity contribution in [2.45, 2.75) is 16.9 Å². The summed E-state index contributed by atoms with van der Waals surface area (Å²) in [6.07, 6.45) is 0.413. The number of carbonyl (C=O) groups excluding carboxylic acids is 2. The van der Waals surface area contributed by atoms with E-state index in [0.29, 0.717) is 34.9 Å². The first-order valence-electron chi connectivity index (χ1n) is 6.70. The van der Waals surface area contributed by atoms with Gasteiger partial charge in [0.25, 0.3) is 5.91 Å². The van der Waals surface area contributed by atoms with E-state index in [9.17, 15) is 19.5 Å². The highest BCUT2D eigenvalue weighted by molar-refractivity contribution is 8.00. The summed E-state index contributed by atoms with van der Waals surface area (Å²) in [5.74, 6) is -0.109. The first-order chi connectivity index (χ1) is 10.5. The van der Waals surface area contributed by atoms with Crippen molar-refractivity contribution in [2.75, 3.05) is 22.6 Å². The molecule has 2 heterocycles. The minimum absolute atomic E-state index is 0.107. The molecule has 2 aliphatic heterocycles. The molecule has 8 heteroatoms. The standard InChI is InChI=1S/C14H14N2O4S2/c17-11-6-22-10-2-1-8(5-9(10)15-11)12(18)16-14(13(19)20)3-4-21-7-14/h1-2,5H,3-4,6-7H2,(H,15,17)(H,16,18)(H,19,20)/t14-/m0/s1. The zero-order chi connectivity index (χ0) is 15.7. The third-order valence-corrected chi connectivity index (χ3v) is 5.92. The van der Waals surface area contributed by atoms with Crippen LogP contribution in [0.5, 0.6) is 0 Å². The molecule has 2 amide bonds. The van der Waals surface area contributed by atoms with Gasteiger partial charge in [0, 0.05) is 16.2 Å². The molecule has 0 unspecified atom stereocenters. The van der Waals surface area contributed by atoms with E-state index >= 15 is 0 Å². The lowest BCUT2D eigenvalue weighted by atomic mass is 9.98. The first-order valence-corrected chi connectivity index (χ1v) is 8.85. The Hall–Kier alpha value is -1.67. The van der Waals surface area contributed by atoms with Crippen molar-refractivity contribution in [1.82, 2.24) is 5.32 Å². The minimum Gasteiger partial charge on any atom is -0.479 e. The highest BCUT2D eigenvalue weighted by atomic mass is 32.2. The van der Waals surface area contributed by atoms with E-state index in [2.05, 4.69) is 10.6 Å². The zero-order valence-electron chi connectivity index (χ0n) is 11.5. The van der Waals surface area contributed by atoms with Crippen LogP contribution in [0.3, 0.4) is 0 Å². The van der Waals surface area contributed by atoms with E-state index in [-0.39, 0.29) is 5.91 Å². The van der Waals surface area contributed by atoms with Gasteiger partial charge in [0.2, 0.25) is 5.91 Å². The molecule has 1 saturated heterocycles. The van der Waals surface area contributed by atoms with Gasteiger partial charge in [-0.2, -0.15) is 11.8 Å². The number of carbonyl (C=O) groups is 3. The van der Waals surface area contributed by atoms with Crippen LogP contribution in [0.4, 0.5) is 5.69 Å². The van der Waals surface area contributed by atoms with Crippen LogP contribution in [-0.4, -0.2) is 45.7 Å². The summed E-state index contributed by atoms with van der Waals surface area (Å²) in [4.78, 5) is 36.2. The maximum atomic E-state index is 12.4. The maximum Gasteiger partial charge on any atom is 0.330 e. The Morgan fingerprint density at radius 2 is 2.18 bits per heavy atom. The van der Waals surface area contributed by atoms with Crippen molar-refractivity contribution in [1.29, 1.82) is 0 Å². The molecule has 22 heavy (non-hydrogen) atoms. The number of fused-ring (bicyclic) bond motifs is 1. The molecule has 1 fully saturated rings. The Kier molecular flexibility index (Phi) is 4.05. The van der Waals surface area contributed by atoms with Crippen LogP contribution < -0.4 is 10.6 Å². The molecule has 1 atom stereocenters. The Morgan fingerprint density at radius 1 is 1.36 bits per heavy atom. The van der Waals surface area contributed by atoms with Gasteiger partial charge >= 0.3 is 5.97 Å². The minimum atomic E-state index is -1.20.